The zero-order valence-electron chi connectivity index (χ0n) is 19.0. The summed E-state index contributed by atoms with van der Waals surface area (Å²) < 4.78 is 0. The maximum absolute atomic E-state index is 13.2. The number of benzene rings is 1. The van der Waals surface area contributed by atoms with E-state index in [0.717, 1.165) is 35.6 Å². The van der Waals surface area contributed by atoms with Crippen LogP contribution in [0.1, 0.15) is 46.0 Å². The summed E-state index contributed by atoms with van der Waals surface area (Å²) >= 11 is 0. The molecule has 0 spiro atoms. The van der Waals surface area contributed by atoms with Gasteiger partial charge in [0.05, 0.1) is 0 Å². The van der Waals surface area contributed by atoms with E-state index in [2.05, 4.69) is 33.5 Å². The number of piperazine rings is 1. The molecule has 0 unspecified atom stereocenters. The van der Waals surface area contributed by atoms with Crippen molar-refractivity contribution in [3.05, 3.63) is 58.3 Å². The maximum Gasteiger partial charge on any atom is 0.322 e. The molecule has 1 aromatic heterocycles. The molecule has 0 radical (unpaired) electrons. The van der Waals surface area contributed by atoms with Gasteiger partial charge >= 0.3 is 6.03 Å². The molecule has 2 aliphatic rings. The lowest BCUT2D eigenvalue weighted by Gasteiger charge is -2.36. The Morgan fingerprint density at radius 3 is 2.34 bits per heavy atom. The average molecular weight is 436 g/mol. The van der Waals surface area contributed by atoms with Crippen molar-refractivity contribution in [1.29, 1.82) is 0 Å². The molecule has 0 bridgehead atoms. The first-order chi connectivity index (χ1) is 15.2. The van der Waals surface area contributed by atoms with E-state index < -0.39 is 11.6 Å². The Morgan fingerprint density at radius 2 is 1.78 bits per heavy atom. The first-order valence-corrected chi connectivity index (χ1v) is 11.0. The fourth-order valence-corrected chi connectivity index (χ4v) is 4.65. The molecule has 0 saturated carbocycles. The Hall–Kier alpha value is -3.42. The monoisotopic (exact) mass is 435 g/mol. The lowest BCUT2D eigenvalue weighted by atomic mass is 9.85. The third-order valence-corrected chi connectivity index (χ3v) is 6.48. The summed E-state index contributed by atoms with van der Waals surface area (Å²) in [6, 6.07) is 7.00. The van der Waals surface area contributed by atoms with Gasteiger partial charge in [0.2, 0.25) is 0 Å². The van der Waals surface area contributed by atoms with Crippen LogP contribution >= 0.6 is 0 Å². The number of pyridine rings is 1. The fraction of sp³-hybridized carbons (Fsp3) is 0.417. The van der Waals surface area contributed by atoms with E-state index in [0.29, 0.717) is 30.6 Å². The molecule has 8 nitrogen and oxygen atoms in total. The number of hydrogen-bond acceptors (Lipinski definition) is 5. The molecule has 168 valence electrons. The number of imide groups is 1. The van der Waals surface area contributed by atoms with Gasteiger partial charge in [-0.05, 0) is 55.5 Å². The van der Waals surface area contributed by atoms with Gasteiger partial charge in [-0.25, -0.2) is 9.78 Å². The molecule has 2 N–H and O–H groups in total. The molecule has 8 heteroatoms. The van der Waals surface area contributed by atoms with E-state index in [4.69, 9.17) is 0 Å². The SMILES string of the molecule is CC[C@]1(c2ccc(C(=O)N3CCN(c4ncc(C)cc4C)CC3)c(C)c2)NC(=O)NC1=O. The van der Waals surface area contributed by atoms with Gasteiger partial charge in [0.1, 0.15) is 11.4 Å². The standard InChI is InChI=1S/C24H29N5O3/c1-5-24(22(31)26-23(32)27-24)18-6-7-19(16(3)13-18)21(30)29-10-8-28(9-11-29)20-17(4)12-15(2)14-25-20/h6-7,12-14H,5,8-11H2,1-4H3,(H2,26,27,31,32)/t24-/m1/s1. The number of aryl methyl sites for hydroxylation is 3. The number of anilines is 1. The summed E-state index contributed by atoms with van der Waals surface area (Å²) in [6.07, 6.45) is 2.30. The number of urea groups is 1. The van der Waals surface area contributed by atoms with Crippen LogP contribution in [0.25, 0.3) is 0 Å². The highest BCUT2D eigenvalue weighted by atomic mass is 16.2. The van der Waals surface area contributed by atoms with E-state index in [9.17, 15) is 14.4 Å². The zero-order chi connectivity index (χ0) is 23.0. The van der Waals surface area contributed by atoms with E-state index >= 15 is 0 Å². The van der Waals surface area contributed by atoms with Crippen LogP contribution in [0.3, 0.4) is 0 Å². The predicted octanol–water partition coefficient (Wildman–Crippen LogP) is 2.41. The molecule has 0 aliphatic carbocycles. The van der Waals surface area contributed by atoms with Crippen molar-refractivity contribution in [2.75, 3.05) is 31.1 Å². The number of nitrogens with one attached hydrogen (secondary N) is 2. The summed E-state index contributed by atoms with van der Waals surface area (Å²) in [5, 5.41) is 5.06. The Bertz CT molecular complexity index is 1090. The highest BCUT2D eigenvalue weighted by molar-refractivity contribution is 6.07. The molecule has 2 aliphatic heterocycles. The van der Waals surface area contributed by atoms with Gasteiger partial charge in [-0.1, -0.05) is 25.1 Å². The van der Waals surface area contributed by atoms with Crippen LogP contribution in [-0.4, -0.2) is 53.9 Å². The molecule has 2 saturated heterocycles. The van der Waals surface area contributed by atoms with Gasteiger partial charge < -0.3 is 15.1 Å². The smallest absolute Gasteiger partial charge is 0.322 e. The molecule has 1 atom stereocenters. The maximum atomic E-state index is 13.2. The minimum absolute atomic E-state index is 0.0206. The van der Waals surface area contributed by atoms with Crippen LogP contribution in [0.5, 0.6) is 0 Å². The van der Waals surface area contributed by atoms with Crippen LogP contribution in [0.4, 0.5) is 10.6 Å². The van der Waals surface area contributed by atoms with E-state index in [1.54, 1.807) is 12.1 Å². The van der Waals surface area contributed by atoms with Crippen LogP contribution < -0.4 is 15.5 Å². The van der Waals surface area contributed by atoms with Crippen molar-refractivity contribution in [3.8, 4) is 0 Å². The summed E-state index contributed by atoms with van der Waals surface area (Å²) in [6.45, 7) is 10.5. The van der Waals surface area contributed by atoms with Crippen molar-refractivity contribution in [2.45, 2.75) is 39.7 Å². The lowest BCUT2D eigenvalue weighted by molar-refractivity contribution is -0.124. The summed E-state index contributed by atoms with van der Waals surface area (Å²) in [7, 11) is 0. The number of nitrogens with zero attached hydrogens (tertiary/aromatic N) is 3. The van der Waals surface area contributed by atoms with E-state index in [1.807, 2.05) is 37.9 Å². The summed E-state index contributed by atoms with van der Waals surface area (Å²) in [5.74, 6) is 0.595. The molecule has 4 amide bonds. The molecule has 2 aromatic rings. The minimum Gasteiger partial charge on any atom is -0.353 e. The topological polar surface area (TPSA) is 94.6 Å². The van der Waals surface area contributed by atoms with Crippen molar-refractivity contribution in [3.63, 3.8) is 0 Å². The number of carbonyl (C=O) groups is 3. The lowest BCUT2D eigenvalue weighted by Crippen LogP contribution is -2.49. The number of hydrogen-bond donors (Lipinski definition) is 2. The number of carbonyl (C=O) groups excluding carboxylic acids is 3. The predicted molar refractivity (Wildman–Crippen MR) is 122 cm³/mol. The van der Waals surface area contributed by atoms with Crippen molar-refractivity contribution >= 4 is 23.7 Å². The van der Waals surface area contributed by atoms with Crippen molar-refractivity contribution in [1.82, 2.24) is 20.5 Å². The van der Waals surface area contributed by atoms with Gasteiger partial charge in [0, 0.05) is 37.9 Å². The quantitative estimate of drug-likeness (QED) is 0.720. The molecule has 4 rings (SSSR count). The van der Waals surface area contributed by atoms with E-state index in [1.165, 1.54) is 0 Å². The highest BCUT2D eigenvalue weighted by Crippen LogP contribution is 2.30. The molecule has 2 fully saturated rings. The second kappa shape index (κ2) is 8.26. The van der Waals surface area contributed by atoms with Crippen LogP contribution in [0, 0.1) is 20.8 Å². The van der Waals surface area contributed by atoms with Crippen LogP contribution in [0.2, 0.25) is 0 Å². The molecular weight excluding hydrogens is 406 g/mol. The second-order valence-electron chi connectivity index (χ2n) is 8.63. The first kappa shape index (κ1) is 21.8. The normalized spacial score (nSPS) is 20.9. The first-order valence-electron chi connectivity index (χ1n) is 11.0. The second-order valence-corrected chi connectivity index (χ2v) is 8.63. The van der Waals surface area contributed by atoms with Gasteiger partial charge in [-0.3, -0.25) is 14.9 Å². The highest BCUT2D eigenvalue weighted by Gasteiger charge is 2.46. The Morgan fingerprint density at radius 1 is 1.06 bits per heavy atom. The number of aromatic nitrogens is 1. The number of amides is 4. The van der Waals surface area contributed by atoms with Crippen LogP contribution in [-0.2, 0) is 10.3 Å². The van der Waals surface area contributed by atoms with Gasteiger partial charge in [-0.15, -0.1) is 0 Å². The van der Waals surface area contributed by atoms with E-state index in [-0.39, 0.29) is 11.8 Å². The van der Waals surface area contributed by atoms with Gasteiger partial charge in [0.25, 0.3) is 11.8 Å². The molecule has 1 aromatic carbocycles. The summed E-state index contributed by atoms with van der Waals surface area (Å²) in [5.41, 5.74) is 3.27. The van der Waals surface area contributed by atoms with Crippen molar-refractivity contribution < 1.29 is 14.4 Å². The number of rotatable bonds is 4. The third-order valence-electron chi connectivity index (χ3n) is 6.48. The Balaban J connectivity index is 1.49. The summed E-state index contributed by atoms with van der Waals surface area (Å²) in [4.78, 5) is 46.0. The zero-order valence-corrected chi connectivity index (χ0v) is 19.0. The molecule has 32 heavy (non-hydrogen) atoms. The fourth-order valence-electron chi connectivity index (χ4n) is 4.65. The molecular formula is C24H29N5O3. The molecule has 3 heterocycles. The van der Waals surface area contributed by atoms with Gasteiger partial charge in [-0.2, -0.15) is 0 Å². The largest absolute Gasteiger partial charge is 0.353 e. The third kappa shape index (κ3) is 3.70. The van der Waals surface area contributed by atoms with Gasteiger partial charge in [0.15, 0.2) is 0 Å². The van der Waals surface area contributed by atoms with Crippen LogP contribution in [0.15, 0.2) is 30.5 Å². The average Bonchev–Trinajstić information content (AvgIpc) is 3.07. The Labute approximate surface area is 188 Å². The Kier molecular flexibility index (Phi) is 5.62. The van der Waals surface area contributed by atoms with Crippen molar-refractivity contribution in [2.24, 2.45) is 0 Å². The minimum atomic E-state index is -1.09.